The molecule has 0 amide bonds. The number of aromatic nitrogens is 1. The first-order valence-corrected chi connectivity index (χ1v) is 18.0. The second-order valence-corrected chi connectivity index (χ2v) is 19.1. The minimum atomic E-state index is -3.96. The molecular formula is C26H31BrN2O5SSi. The fourth-order valence-corrected chi connectivity index (χ4v) is 8.53. The van der Waals surface area contributed by atoms with E-state index in [2.05, 4.69) is 40.7 Å². The average molecular weight is 592 g/mol. The topological polar surface area (TPSA) is 81.9 Å². The first-order chi connectivity index (χ1) is 17.0. The summed E-state index contributed by atoms with van der Waals surface area (Å²) in [4.78, 5) is 0.126. The van der Waals surface area contributed by atoms with Crippen LogP contribution in [0.3, 0.4) is 0 Å². The lowest BCUT2D eigenvalue weighted by Gasteiger charge is -2.29. The van der Waals surface area contributed by atoms with Crippen molar-refractivity contribution in [2.75, 3.05) is 25.1 Å². The maximum atomic E-state index is 14.1. The molecule has 3 aromatic rings. The Morgan fingerprint density at radius 3 is 2.50 bits per heavy atom. The highest BCUT2D eigenvalue weighted by atomic mass is 79.9. The highest BCUT2D eigenvalue weighted by Crippen LogP contribution is 2.61. The van der Waals surface area contributed by atoms with Crippen LogP contribution in [0.2, 0.25) is 25.7 Å². The van der Waals surface area contributed by atoms with Gasteiger partial charge in [-0.15, -0.1) is 0 Å². The van der Waals surface area contributed by atoms with Crippen LogP contribution in [0.1, 0.15) is 24.0 Å². The van der Waals surface area contributed by atoms with Crippen LogP contribution >= 0.6 is 15.9 Å². The van der Waals surface area contributed by atoms with Crippen LogP contribution in [-0.4, -0.2) is 42.4 Å². The molecule has 1 aromatic heterocycles. The molecule has 10 heteroatoms. The predicted octanol–water partition coefficient (Wildman–Crippen LogP) is 6.24. The molecule has 0 atom stereocenters. The highest BCUT2D eigenvalue weighted by molar-refractivity contribution is 9.10. The molecular weight excluding hydrogens is 560 g/mol. The number of hydrogen-bond donors (Lipinski definition) is 0. The van der Waals surface area contributed by atoms with Gasteiger partial charge in [-0.1, -0.05) is 52.9 Å². The van der Waals surface area contributed by atoms with E-state index in [0.717, 1.165) is 34.5 Å². The van der Waals surface area contributed by atoms with Crippen LogP contribution in [0.15, 0.2) is 50.3 Å². The van der Waals surface area contributed by atoms with Crippen LogP contribution in [0.5, 0.6) is 11.5 Å². The molecule has 1 heterocycles. The van der Waals surface area contributed by atoms with E-state index in [9.17, 15) is 8.42 Å². The van der Waals surface area contributed by atoms with Crippen molar-refractivity contribution in [3.05, 3.63) is 52.0 Å². The van der Waals surface area contributed by atoms with Crippen LogP contribution < -0.4 is 13.8 Å². The van der Waals surface area contributed by atoms with Crippen molar-refractivity contribution in [3.63, 3.8) is 0 Å². The largest absolute Gasteiger partial charge is 0.497 e. The van der Waals surface area contributed by atoms with Crippen LogP contribution in [-0.2, 0) is 21.9 Å². The third-order valence-corrected chi connectivity index (χ3v) is 11.3. The van der Waals surface area contributed by atoms with Crippen molar-refractivity contribution in [1.29, 1.82) is 0 Å². The monoisotopic (exact) mass is 590 g/mol. The maximum absolute atomic E-state index is 14.1. The molecule has 5 rings (SSSR count). The fourth-order valence-electron chi connectivity index (χ4n) is 5.02. The summed E-state index contributed by atoms with van der Waals surface area (Å²) < 4.78 is 47.6. The van der Waals surface area contributed by atoms with E-state index < -0.39 is 18.1 Å². The molecule has 0 N–H and O–H groups in total. The molecule has 7 nitrogen and oxygen atoms in total. The van der Waals surface area contributed by atoms with Gasteiger partial charge >= 0.3 is 0 Å². The molecule has 2 aliphatic rings. The van der Waals surface area contributed by atoms with Crippen LogP contribution in [0.25, 0.3) is 11.3 Å². The summed E-state index contributed by atoms with van der Waals surface area (Å²) in [6, 6.07) is 11.5. The second kappa shape index (κ2) is 8.92. The molecule has 2 aromatic carbocycles. The molecule has 0 saturated heterocycles. The van der Waals surface area contributed by atoms with E-state index in [-0.39, 0.29) is 10.3 Å². The SMILES string of the molecule is COc1cc(Br)c2c(c1)-c1onc(N(CC[Si](C)(C)C)S(=O)(=O)c3ccccc3OC)c1CC21CC1. The standard InChI is InChI=1S/C26H31BrN2O5SSi/c1-32-17-14-18-23(20(27)15-17)26(10-11-26)16-19-24(18)34-28-25(19)29(12-13-36(3,4)5)35(30,31)22-9-7-6-8-21(22)33-2/h6-9,14-15H,10-13,16H2,1-5H3. The van der Waals surface area contributed by atoms with Gasteiger partial charge < -0.3 is 14.0 Å². The number of sulfonamides is 1. The second-order valence-electron chi connectivity index (χ2n) is 10.8. The van der Waals surface area contributed by atoms with E-state index in [4.69, 9.17) is 14.0 Å². The Hall–Kier alpha value is -2.30. The molecule has 2 aliphatic carbocycles. The summed E-state index contributed by atoms with van der Waals surface area (Å²) in [7, 11) is -2.43. The van der Waals surface area contributed by atoms with Gasteiger partial charge in [0, 0.05) is 35.6 Å². The zero-order chi connectivity index (χ0) is 25.9. The van der Waals surface area contributed by atoms with Gasteiger partial charge in [0.25, 0.3) is 10.0 Å². The van der Waals surface area contributed by atoms with Gasteiger partial charge in [-0.3, -0.25) is 0 Å². The Labute approximate surface area is 222 Å². The summed E-state index contributed by atoms with van der Waals surface area (Å²) in [5.74, 6) is 2.01. The summed E-state index contributed by atoms with van der Waals surface area (Å²) >= 11 is 3.74. The van der Waals surface area contributed by atoms with Gasteiger partial charge in [0.05, 0.1) is 14.2 Å². The predicted molar refractivity (Wildman–Crippen MR) is 146 cm³/mol. The number of ether oxygens (including phenoxy) is 2. The Kier molecular flexibility index (Phi) is 6.28. The molecule has 0 bridgehead atoms. The normalized spacial score (nSPS) is 15.8. The number of benzene rings is 2. The number of rotatable bonds is 8. The van der Waals surface area contributed by atoms with Gasteiger partial charge in [-0.2, -0.15) is 0 Å². The smallest absolute Gasteiger partial charge is 0.269 e. The Morgan fingerprint density at radius 2 is 1.86 bits per heavy atom. The van der Waals surface area contributed by atoms with E-state index >= 15 is 0 Å². The molecule has 0 aliphatic heterocycles. The first-order valence-electron chi connectivity index (χ1n) is 12.0. The third kappa shape index (κ3) is 4.26. The van der Waals surface area contributed by atoms with E-state index in [0.29, 0.717) is 36.0 Å². The number of nitrogens with zero attached hydrogens (tertiary/aromatic N) is 2. The lowest BCUT2D eigenvalue weighted by molar-refractivity contribution is 0.402. The number of methoxy groups -OCH3 is 2. The van der Waals surface area contributed by atoms with E-state index in [1.807, 2.05) is 12.1 Å². The van der Waals surface area contributed by atoms with Gasteiger partial charge in [-0.25, -0.2) is 12.7 Å². The molecule has 1 spiro atoms. The van der Waals surface area contributed by atoms with E-state index in [1.54, 1.807) is 31.4 Å². The Morgan fingerprint density at radius 1 is 1.14 bits per heavy atom. The molecule has 0 unspecified atom stereocenters. The molecule has 0 radical (unpaired) electrons. The minimum absolute atomic E-state index is 0.0492. The van der Waals surface area contributed by atoms with Crippen LogP contribution in [0.4, 0.5) is 5.82 Å². The van der Waals surface area contributed by atoms with Crippen molar-refractivity contribution < 1.29 is 22.4 Å². The van der Waals surface area contributed by atoms with Crippen molar-refractivity contribution >= 4 is 39.8 Å². The van der Waals surface area contributed by atoms with Crippen molar-refractivity contribution in [3.8, 4) is 22.8 Å². The molecule has 1 fully saturated rings. The summed E-state index contributed by atoms with van der Waals surface area (Å²) in [5.41, 5.74) is 2.90. The lowest BCUT2D eigenvalue weighted by Crippen LogP contribution is -2.37. The van der Waals surface area contributed by atoms with Crippen molar-refractivity contribution in [2.45, 2.75) is 55.3 Å². The van der Waals surface area contributed by atoms with Gasteiger partial charge in [-0.05, 0) is 55.1 Å². The van der Waals surface area contributed by atoms with Gasteiger partial charge in [0.2, 0.25) is 0 Å². The highest BCUT2D eigenvalue weighted by Gasteiger charge is 2.52. The van der Waals surface area contributed by atoms with Crippen LogP contribution in [0, 0.1) is 0 Å². The Balaban J connectivity index is 1.68. The quantitative estimate of drug-likeness (QED) is 0.289. The maximum Gasteiger partial charge on any atom is 0.269 e. The third-order valence-electron chi connectivity index (χ3n) is 7.15. The minimum Gasteiger partial charge on any atom is -0.497 e. The number of fused-ring (bicyclic) bond motifs is 4. The Bertz CT molecular complexity index is 1430. The lowest BCUT2D eigenvalue weighted by atomic mass is 9.79. The van der Waals surface area contributed by atoms with Gasteiger partial charge in [0.1, 0.15) is 16.4 Å². The fraction of sp³-hybridized carbons (Fsp3) is 0.423. The number of hydrogen-bond acceptors (Lipinski definition) is 6. The molecule has 36 heavy (non-hydrogen) atoms. The summed E-state index contributed by atoms with van der Waals surface area (Å²) in [5, 5.41) is 4.41. The summed E-state index contributed by atoms with van der Waals surface area (Å²) in [6.45, 7) is 7.03. The van der Waals surface area contributed by atoms with Crippen molar-refractivity contribution in [2.24, 2.45) is 0 Å². The average Bonchev–Trinajstić information content (AvgIpc) is 3.47. The molecule has 1 saturated carbocycles. The zero-order valence-corrected chi connectivity index (χ0v) is 24.6. The number of halogens is 1. The van der Waals surface area contributed by atoms with Crippen molar-refractivity contribution in [1.82, 2.24) is 5.16 Å². The van der Waals surface area contributed by atoms with E-state index in [1.165, 1.54) is 17.0 Å². The first kappa shape index (κ1) is 25.4. The summed E-state index contributed by atoms with van der Waals surface area (Å²) in [6.07, 6.45) is 2.75. The number of para-hydroxylation sites is 1. The zero-order valence-electron chi connectivity index (χ0n) is 21.2. The molecule has 192 valence electrons. The van der Waals surface area contributed by atoms with Gasteiger partial charge in [0.15, 0.2) is 11.6 Å². The number of anilines is 1.